The Kier molecular flexibility index (Phi) is 5.24. The molecule has 1 aliphatic carbocycles. The zero-order valence-electron chi connectivity index (χ0n) is 14.6. The number of aromatic nitrogens is 2. The summed E-state index contributed by atoms with van der Waals surface area (Å²) in [6.45, 7) is 1.74. The fraction of sp³-hybridized carbons (Fsp3) is 0.526. The van der Waals surface area contributed by atoms with Crippen molar-refractivity contribution in [2.75, 3.05) is 18.8 Å². The Morgan fingerprint density at radius 1 is 1.19 bits per heavy atom. The Balaban J connectivity index is 1.33. The number of benzene rings is 1. The van der Waals surface area contributed by atoms with Gasteiger partial charge in [0.1, 0.15) is 5.82 Å². The highest BCUT2D eigenvalue weighted by Gasteiger charge is 2.32. The zero-order valence-corrected chi connectivity index (χ0v) is 15.4. The predicted molar refractivity (Wildman–Crippen MR) is 97.1 cm³/mol. The number of halogens is 1. The Bertz CT molecular complexity index is 782. The molecule has 1 aliphatic heterocycles. The van der Waals surface area contributed by atoms with Crippen LogP contribution in [0.15, 0.2) is 33.9 Å². The second kappa shape index (κ2) is 7.78. The molecular weight excluding hydrogens is 353 g/mol. The standard InChI is InChI=1S/C19H22FN3O2S/c20-16-8-4-3-7-15(16)18-21-22-19(25-18)26-12-17(24)23-10-9-13-5-1-2-6-14(13)11-23/h3-4,7-8,13-14H,1-2,5-6,9-12H2/t13-,14-/m1/s1. The van der Waals surface area contributed by atoms with Crippen LogP contribution in [0.4, 0.5) is 4.39 Å². The van der Waals surface area contributed by atoms with Crippen molar-refractivity contribution in [2.45, 2.75) is 37.3 Å². The lowest BCUT2D eigenvalue weighted by atomic mass is 9.75. The number of likely N-dealkylation sites (tertiary alicyclic amines) is 1. The van der Waals surface area contributed by atoms with Crippen molar-refractivity contribution >= 4 is 17.7 Å². The predicted octanol–water partition coefficient (Wildman–Crippen LogP) is 4.01. The van der Waals surface area contributed by atoms with E-state index in [-0.39, 0.29) is 23.1 Å². The molecule has 1 saturated heterocycles. The van der Waals surface area contributed by atoms with Gasteiger partial charge in [0.15, 0.2) is 0 Å². The third kappa shape index (κ3) is 3.77. The summed E-state index contributed by atoms with van der Waals surface area (Å²) in [5.74, 6) is 1.60. The Morgan fingerprint density at radius 3 is 2.85 bits per heavy atom. The van der Waals surface area contributed by atoms with Gasteiger partial charge in [0.05, 0.1) is 11.3 Å². The minimum atomic E-state index is -0.404. The Labute approximate surface area is 156 Å². The second-order valence-corrected chi connectivity index (χ2v) is 8.00. The maximum Gasteiger partial charge on any atom is 0.277 e. The highest BCUT2D eigenvalue weighted by Crippen LogP contribution is 2.36. The summed E-state index contributed by atoms with van der Waals surface area (Å²) in [6, 6.07) is 6.27. The van der Waals surface area contributed by atoms with Crippen molar-refractivity contribution in [3.63, 3.8) is 0 Å². The van der Waals surface area contributed by atoms with Gasteiger partial charge in [-0.2, -0.15) is 0 Å². The van der Waals surface area contributed by atoms with Crippen molar-refractivity contribution in [1.29, 1.82) is 0 Å². The average Bonchev–Trinajstić information content (AvgIpc) is 3.15. The van der Waals surface area contributed by atoms with Crippen LogP contribution in [0.5, 0.6) is 0 Å². The molecule has 5 nitrogen and oxygen atoms in total. The lowest BCUT2D eigenvalue weighted by Gasteiger charge is -2.41. The lowest BCUT2D eigenvalue weighted by molar-refractivity contribution is -0.131. The van der Waals surface area contributed by atoms with Crippen LogP contribution in [0.3, 0.4) is 0 Å². The van der Waals surface area contributed by atoms with Crippen LogP contribution in [0.2, 0.25) is 0 Å². The molecule has 0 N–H and O–H groups in total. The monoisotopic (exact) mass is 375 g/mol. The molecule has 1 saturated carbocycles. The smallest absolute Gasteiger partial charge is 0.277 e. The molecule has 4 rings (SSSR count). The number of thioether (sulfide) groups is 1. The largest absolute Gasteiger partial charge is 0.411 e. The quantitative estimate of drug-likeness (QED) is 0.756. The number of hydrogen-bond acceptors (Lipinski definition) is 5. The molecule has 26 heavy (non-hydrogen) atoms. The molecule has 0 radical (unpaired) electrons. The minimum absolute atomic E-state index is 0.115. The number of carbonyl (C=O) groups is 1. The van der Waals surface area contributed by atoms with Gasteiger partial charge in [0.25, 0.3) is 11.1 Å². The molecule has 0 unspecified atom stereocenters. The molecule has 0 spiro atoms. The van der Waals surface area contributed by atoms with Crippen LogP contribution < -0.4 is 0 Å². The van der Waals surface area contributed by atoms with Crippen LogP contribution in [0.1, 0.15) is 32.1 Å². The number of rotatable bonds is 4. The molecule has 2 aromatic rings. The Morgan fingerprint density at radius 2 is 2.00 bits per heavy atom. The van der Waals surface area contributed by atoms with Crippen molar-refractivity contribution in [3.8, 4) is 11.5 Å². The molecule has 1 aromatic heterocycles. The summed E-state index contributed by atoms with van der Waals surface area (Å²) < 4.78 is 19.3. The maximum absolute atomic E-state index is 13.8. The first-order valence-corrected chi connectivity index (χ1v) is 10.2. The second-order valence-electron chi connectivity index (χ2n) is 7.07. The molecule has 2 atom stereocenters. The molecular formula is C19H22FN3O2S. The minimum Gasteiger partial charge on any atom is -0.411 e. The van der Waals surface area contributed by atoms with Gasteiger partial charge in [-0.05, 0) is 36.8 Å². The molecule has 2 fully saturated rings. The number of fused-ring (bicyclic) bond motifs is 1. The average molecular weight is 375 g/mol. The highest BCUT2D eigenvalue weighted by molar-refractivity contribution is 7.99. The summed E-state index contributed by atoms with van der Waals surface area (Å²) in [7, 11) is 0. The number of hydrogen-bond donors (Lipinski definition) is 0. The summed E-state index contributed by atoms with van der Waals surface area (Å²) in [4.78, 5) is 14.5. The molecule has 7 heteroatoms. The van der Waals surface area contributed by atoms with Gasteiger partial charge < -0.3 is 9.32 Å². The topological polar surface area (TPSA) is 59.2 Å². The van der Waals surface area contributed by atoms with Crippen LogP contribution in [-0.4, -0.2) is 39.8 Å². The number of amides is 1. The first-order valence-electron chi connectivity index (χ1n) is 9.19. The van der Waals surface area contributed by atoms with Gasteiger partial charge in [-0.1, -0.05) is 43.2 Å². The van der Waals surface area contributed by atoms with Gasteiger partial charge in [0, 0.05) is 13.1 Å². The third-order valence-corrected chi connectivity index (χ3v) is 6.28. The first kappa shape index (κ1) is 17.5. The fourth-order valence-electron chi connectivity index (χ4n) is 4.05. The fourth-order valence-corrected chi connectivity index (χ4v) is 4.72. The van der Waals surface area contributed by atoms with Gasteiger partial charge in [-0.15, -0.1) is 10.2 Å². The van der Waals surface area contributed by atoms with Crippen molar-refractivity contribution in [2.24, 2.45) is 11.8 Å². The van der Waals surface area contributed by atoms with Crippen molar-refractivity contribution < 1.29 is 13.6 Å². The lowest BCUT2D eigenvalue weighted by Crippen LogP contribution is -2.45. The van der Waals surface area contributed by atoms with E-state index in [2.05, 4.69) is 10.2 Å². The SMILES string of the molecule is O=C(CSc1nnc(-c2ccccc2F)o1)N1CC[C@H]2CCCC[C@@H]2C1. The van der Waals surface area contributed by atoms with Gasteiger partial charge in [-0.25, -0.2) is 4.39 Å². The number of nitrogens with zero attached hydrogens (tertiary/aromatic N) is 3. The van der Waals surface area contributed by atoms with E-state index in [1.807, 2.05) is 4.90 Å². The van der Waals surface area contributed by atoms with E-state index in [0.29, 0.717) is 11.1 Å². The Hall–Kier alpha value is -1.89. The summed E-state index contributed by atoms with van der Waals surface area (Å²) in [5.41, 5.74) is 0.276. The first-order chi connectivity index (χ1) is 12.7. The normalized spacial score (nSPS) is 22.9. The van der Waals surface area contributed by atoms with E-state index in [4.69, 9.17) is 4.42 Å². The molecule has 2 aliphatic rings. The third-order valence-electron chi connectivity index (χ3n) is 5.47. The number of piperidine rings is 1. The van der Waals surface area contributed by atoms with Crippen LogP contribution in [0.25, 0.3) is 11.5 Å². The number of carbonyl (C=O) groups excluding carboxylic acids is 1. The van der Waals surface area contributed by atoms with Gasteiger partial charge >= 0.3 is 0 Å². The van der Waals surface area contributed by atoms with E-state index in [1.54, 1.807) is 18.2 Å². The summed E-state index contributed by atoms with van der Waals surface area (Å²) in [5, 5.41) is 8.11. The molecule has 2 heterocycles. The summed E-state index contributed by atoms with van der Waals surface area (Å²) in [6.07, 6.45) is 6.32. The zero-order chi connectivity index (χ0) is 17.9. The van der Waals surface area contributed by atoms with E-state index < -0.39 is 5.82 Å². The summed E-state index contributed by atoms with van der Waals surface area (Å²) >= 11 is 1.22. The molecule has 138 valence electrons. The van der Waals surface area contributed by atoms with Crippen LogP contribution in [0, 0.1) is 17.7 Å². The van der Waals surface area contributed by atoms with E-state index in [1.165, 1.54) is 43.5 Å². The van der Waals surface area contributed by atoms with E-state index >= 15 is 0 Å². The molecule has 0 bridgehead atoms. The van der Waals surface area contributed by atoms with Crippen molar-refractivity contribution in [3.05, 3.63) is 30.1 Å². The van der Waals surface area contributed by atoms with Crippen LogP contribution in [-0.2, 0) is 4.79 Å². The highest BCUT2D eigenvalue weighted by atomic mass is 32.2. The van der Waals surface area contributed by atoms with Gasteiger partial charge in [0.2, 0.25) is 5.91 Å². The van der Waals surface area contributed by atoms with Crippen LogP contribution >= 0.6 is 11.8 Å². The molecule has 1 amide bonds. The van der Waals surface area contributed by atoms with E-state index in [9.17, 15) is 9.18 Å². The van der Waals surface area contributed by atoms with Crippen molar-refractivity contribution in [1.82, 2.24) is 15.1 Å². The maximum atomic E-state index is 13.8. The molecule has 1 aromatic carbocycles. The van der Waals surface area contributed by atoms with Gasteiger partial charge in [-0.3, -0.25) is 4.79 Å². The van der Waals surface area contributed by atoms with E-state index in [0.717, 1.165) is 25.4 Å².